The maximum absolute atomic E-state index is 5.15. The molecule has 0 radical (unpaired) electrons. The lowest BCUT2D eigenvalue weighted by Gasteiger charge is -2.10. The highest BCUT2D eigenvalue weighted by atomic mass is 16.5. The van der Waals surface area contributed by atoms with Crippen LogP contribution in [0.25, 0.3) is 0 Å². The zero-order chi connectivity index (χ0) is 6.69. The minimum absolute atomic E-state index is 0.433. The molecule has 0 aromatic rings. The Bertz CT molecular complexity index is 103. The van der Waals surface area contributed by atoms with E-state index in [9.17, 15) is 0 Å². The maximum atomic E-state index is 5.15. The predicted octanol–water partition coefficient (Wildman–Crippen LogP) is 0.851. The molecule has 0 aromatic heterocycles. The number of hydrogen-bond donors (Lipinski definition) is 0. The van der Waals surface area contributed by atoms with E-state index in [1.54, 1.807) is 7.11 Å². The number of likely N-dealkylation sites (tertiary alicyclic amines) is 1. The van der Waals surface area contributed by atoms with Crippen LogP contribution in [0.1, 0.15) is 6.42 Å². The highest BCUT2D eigenvalue weighted by Gasteiger charge is 2.18. The first kappa shape index (κ1) is 6.62. The Balaban J connectivity index is 2.28. The summed E-state index contributed by atoms with van der Waals surface area (Å²) < 4.78 is 5.15. The Labute approximate surface area is 56.1 Å². The molecule has 1 aliphatic heterocycles. The Morgan fingerprint density at radius 2 is 2.56 bits per heavy atom. The van der Waals surface area contributed by atoms with Gasteiger partial charge in [0, 0.05) is 20.2 Å². The quantitative estimate of drug-likeness (QED) is 0.545. The van der Waals surface area contributed by atoms with Crippen molar-refractivity contribution < 1.29 is 4.74 Å². The van der Waals surface area contributed by atoms with Crippen LogP contribution in [0, 0.1) is 0 Å². The summed E-state index contributed by atoms with van der Waals surface area (Å²) in [6.07, 6.45) is 3.45. The van der Waals surface area contributed by atoms with Gasteiger partial charge in [-0.2, -0.15) is 0 Å². The summed E-state index contributed by atoms with van der Waals surface area (Å²) in [5.41, 5.74) is 0. The molecule has 0 unspecified atom stereocenters. The summed E-state index contributed by atoms with van der Waals surface area (Å²) in [4.78, 5) is 2.17. The first-order valence-corrected chi connectivity index (χ1v) is 3.26. The zero-order valence-electron chi connectivity index (χ0n) is 5.84. The summed E-state index contributed by atoms with van der Waals surface area (Å²) >= 11 is 0. The summed E-state index contributed by atoms with van der Waals surface area (Å²) in [6.45, 7) is 5.79. The van der Waals surface area contributed by atoms with Crippen molar-refractivity contribution in [3.05, 3.63) is 12.8 Å². The van der Waals surface area contributed by atoms with Crippen LogP contribution in [-0.2, 0) is 4.74 Å². The van der Waals surface area contributed by atoms with E-state index in [1.807, 2.05) is 6.20 Å². The molecule has 2 heteroatoms. The second-order valence-corrected chi connectivity index (χ2v) is 2.32. The van der Waals surface area contributed by atoms with Crippen molar-refractivity contribution in [1.29, 1.82) is 0 Å². The minimum Gasteiger partial charge on any atom is -0.380 e. The van der Waals surface area contributed by atoms with Gasteiger partial charge in [0.25, 0.3) is 0 Å². The molecule has 0 aromatic carbocycles. The fraction of sp³-hybridized carbons (Fsp3) is 0.714. The lowest BCUT2D eigenvalue weighted by molar-refractivity contribution is 0.113. The fourth-order valence-corrected chi connectivity index (χ4v) is 1.11. The Morgan fingerprint density at radius 3 is 2.89 bits per heavy atom. The molecule has 1 rings (SSSR count). The molecule has 1 saturated heterocycles. The predicted molar refractivity (Wildman–Crippen MR) is 37.2 cm³/mol. The van der Waals surface area contributed by atoms with Gasteiger partial charge in [-0.15, -0.1) is 0 Å². The first-order valence-electron chi connectivity index (χ1n) is 3.26. The fourth-order valence-electron chi connectivity index (χ4n) is 1.11. The van der Waals surface area contributed by atoms with Crippen LogP contribution in [0.5, 0.6) is 0 Å². The van der Waals surface area contributed by atoms with Gasteiger partial charge in [-0.3, -0.25) is 0 Å². The lowest BCUT2D eigenvalue weighted by atomic mass is 10.3. The van der Waals surface area contributed by atoms with Crippen LogP contribution < -0.4 is 0 Å². The standard InChI is InChI=1S/C7H13NO/c1-3-8-5-4-7(6-8)9-2/h3,7H,1,4-6H2,2H3/t7-/m0/s1. The van der Waals surface area contributed by atoms with E-state index in [2.05, 4.69) is 11.5 Å². The third-order valence-electron chi connectivity index (χ3n) is 1.77. The lowest BCUT2D eigenvalue weighted by Crippen LogP contribution is -2.16. The first-order chi connectivity index (χ1) is 4.36. The largest absolute Gasteiger partial charge is 0.380 e. The second-order valence-electron chi connectivity index (χ2n) is 2.32. The number of hydrogen-bond acceptors (Lipinski definition) is 2. The molecule has 52 valence electrons. The third kappa shape index (κ3) is 1.45. The molecule has 0 spiro atoms. The van der Waals surface area contributed by atoms with E-state index < -0.39 is 0 Å². The number of methoxy groups -OCH3 is 1. The average Bonchev–Trinajstić information content (AvgIpc) is 2.34. The van der Waals surface area contributed by atoms with E-state index in [0.29, 0.717) is 6.10 Å². The molecule has 1 fully saturated rings. The van der Waals surface area contributed by atoms with Crippen LogP contribution in [0.4, 0.5) is 0 Å². The molecule has 1 aliphatic rings. The summed E-state index contributed by atoms with van der Waals surface area (Å²) in [5, 5.41) is 0. The molecule has 0 bridgehead atoms. The van der Waals surface area contributed by atoms with E-state index in [4.69, 9.17) is 4.74 Å². The average molecular weight is 127 g/mol. The Kier molecular flexibility index (Phi) is 2.11. The maximum Gasteiger partial charge on any atom is 0.0762 e. The van der Waals surface area contributed by atoms with Crippen molar-refractivity contribution >= 4 is 0 Å². The molecule has 2 nitrogen and oxygen atoms in total. The SMILES string of the molecule is C=CN1CC[C@H](OC)C1. The van der Waals surface area contributed by atoms with Gasteiger partial charge in [0.05, 0.1) is 6.10 Å². The van der Waals surface area contributed by atoms with E-state index in [0.717, 1.165) is 19.5 Å². The molecule has 0 N–H and O–H groups in total. The summed E-state index contributed by atoms with van der Waals surface area (Å²) in [6, 6.07) is 0. The van der Waals surface area contributed by atoms with Crippen LogP contribution >= 0.6 is 0 Å². The minimum atomic E-state index is 0.433. The molecule has 0 aliphatic carbocycles. The zero-order valence-corrected chi connectivity index (χ0v) is 5.84. The smallest absolute Gasteiger partial charge is 0.0762 e. The van der Waals surface area contributed by atoms with Crippen molar-refractivity contribution in [2.45, 2.75) is 12.5 Å². The van der Waals surface area contributed by atoms with Gasteiger partial charge < -0.3 is 9.64 Å². The monoisotopic (exact) mass is 127 g/mol. The number of ether oxygens (including phenoxy) is 1. The molecule has 1 atom stereocenters. The molecule has 1 heterocycles. The molecule has 0 amide bonds. The van der Waals surface area contributed by atoms with Crippen molar-refractivity contribution in [3.63, 3.8) is 0 Å². The Morgan fingerprint density at radius 1 is 1.78 bits per heavy atom. The topological polar surface area (TPSA) is 12.5 Å². The summed E-state index contributed by atoms with van der Waals surface area (Å²) in [7, 11) is 1.76. The molecule has 0 saturated carbocycles. The van der Waals surface area contributed by atoms with Gasteiger partial charge in [-0.25, -0.2) is 0 Å². The molecule has 9 heavy (non-hydrogen) atoms. The van der Waals surface area contributed by atoms with E-state index in [-0.39, 0.29) is 0 Å². The van der Waals surface area contributed by atoms with Gasteiger partial charge in [-0.1, -0.05) is 6.58 Å². The van der Waals surface area contributed by atoms with Crippen LogP contribution in [-0.4, -0.2) is 31.2 Å². The van der Waals surface area contributed by atoms with Crippen molar-refractivity contribution in [1.82, 2.24) is 4.90 Å². The second kappa shape index (κ2) is 2.87. The highest BCUT2D eigenvalue weighted by Crippen LogP contribution is 2.10. The molecular weight excluding hydrogens is 114 g/mol. The van der Waals surface area contributed by atoms with Gasteiger partial charge in [-0.05, 0) is 12.6 Å². The number of nitrogens with zero attached hydrogens (tertiary/aromatic N) is 1. The van der Waals surface area contributed by atoms with Crippen molar-refractivity contribution in [3.8, 4) is 0 Å². The van der Waals surface area contributed by atoms with Crippen molar-refractivity contribution in [2.75, 3.05) is 20.2 Å². The normalized spacial score (nSPS) is 26.8. The van der Waals surface area contributed by atoms with Crippen molar-refractivity contribution in [2.24, 2.45) is 0 Å². The highest BCUT2D eigenvalue weighted by molar-refractivity contribution is 4.81. The van der Waals surface area contributed by atoms with Crippen LogP contribution in [0.3, 0.4) is 0 Å². The van der Waals surface area contributed by atoms with Gasteiger partial charge >= 0.3 is 0 Å². The molecular formula is C7H13NO. The van der Waals surface area contributed by atoms with Gasteiger partial charge in [0.2, 0.25) is 0 Å². The Hall–Kier alpha value is -0.500. The van der Waals surface area contributed by atoms with Crippen LogP contribution in [0.2, 0.25) is 0 Å². The summed E-state index contributed by atoms with van der Waals surface area (Å²) in [5.74, 6) is 0. The van der Waals surface area contributed by atoms with Crippen LogP contribution in [0.15, 0.2) is 12.8 Å². The van der Waals surface area contributed by atoms with E-state index >= 15 is 0 Å². The number of rotatable bonds is 2. The van der Waals surface area contributed by atoms with Gasteiger partial charge in [0.1, 0.15) is 0 Å². The van der Waals surface area contributed by atoms with Gasteiger partial charge in [0.15, 0.2) is 0 Å². The van der Waals surface area contributed by atoms with E-state index in [1.165, 1.54) is 0 Å². The third-order valence-corrected chi connectivity index (χ3v) is 1.77.